The highest BCUT2D eigenvalue weighted by Crippen LogP contribution is 2.46. The van der Waals surface area contributed by atoms with Crippen LogP contribution in [-0.2, 0) is 20.9 Å². The first-order valence-electron chi connectivity index (χ1n) is 11.6. The summed E-state index contributed by atoms with van der Waals surface area (Å²) in [6.07, 6.45) is -0.744. The van der Waals surface area contributed by atoms with Gasteiger partial charge in [0.1, 0.15) is 18.7 Å². The number of hydrogen-bond donors (Lipinski definition) is 3. The van der Waals surface area contributed by atoms with Crippen LogP contribution in [0, 0.1) is 5.92 Å². The molecule has 180 valence electrons. The van der Waals surface area contributed by atoms with Crippen LogP contribution in [0.3, 0.4) is 0 Å². The molecular weight excluding hydrogens is 444 g/mol. The molecule has 0 aromatic heterocycles. The normalized spacial score (nSPS) is 13.9. The molecule has 0 aliphatic heterocycles. The zero-order valence-corrected chi connectivity index (χ0v) is 19.6. The maximum Gasteiger partial charge on any atom is 0.408 e. The number of carbonyl (C=O) groups excluding carboxylic acids is 2. The molecule has 3 aromatic carbocycles. The second-order valence-electron chi connectivity index (χ2n) is 8.90. The molecule has 3 aromatic rings. The van der Waals surface area contributed by atoms with Crippen LogP contribution in [0.1, 0.15) is 36.5 Å². The van der Waals surface area contributed by atoms with Crippen LogP contribution < -0.4 is 10.6 Å². The summed E-state index contributed by atoms with van der Waals surface area (Å²) in [6, 6.07) is 22.2. The van der Waals surface area contributed by atoms with E-state index in [-0.39, 0.29) is 12.5 Å². The number of alkyl carbamates (subject to hydrolysis) is 1. The Kier molecular flexibility index (Phi) is 7.15. The Morgan fingerprint density at radius 3 is 1.91 bits per heavy atom. The fraction of sp³-hybridized carbons (Fsp3) is 0.250. The van der Waals surface area contributed by atoms with Gasteiger partial charge in [-0.3, -0.25) is 4.79 Å². The topological polar surface area (TPSA) is 105 Å². The number of amides is 2. The lowest BCUT2D eigenvalue weighted by molar-refractivity contribution is -0.142. The number of benzene rings is 3. The van der Waals surface area contributed by atoms with Crippen LogP contribution >= 0.6 is 0 Å². The zero-order chi connectivity index (χ0) is 24.9. The van der Waals surface area contributed by atoms with Gasteiger partial charge in [-0.25, -0.2) is 9.59 Å². The van der Waals surface area contributed by atoms with E-state index in [1.54, 1.807) is 13.8 Å². The first-order valence-corrected chi connectivity index (χ1v) is 11.6. The van der Waals surface area contributed by atoms with Crippen molar-refractivity contribution in [3.63, 3.8) is 0 Å². The van der Waals surface area contributed by atoms with Crippen molar-refractivity contribution in [1.29, 1.82) is 0 Å². The predicted octanol–water partition coefficient (Wildman–Crippen LogP) is 4.32. The van der Waals surface area contributed by atoms with Crippen LogP contribution in [0.2, 0.25) is 0 Å². The molecule has 3 N–H and O–H groups in total. The van der Waals surface area contributed by atoms with Crippen molar-refractivity contribution in [3.8, 4) is 11.1 Å². The van der Waals surface area contributed by atoms with Crippen LogP contribution in [0.5, 0.6) is 0 Å². The van der Waals surface area contributed by atoms with Gasteiger partial charge in [0.05, 0.1) is 0 Å². The van der Waals surface area contributed by atoms with Gasteiger partial charge in [-0.05, 0) is 33.7 Å². The molecule has 7 heteroatoms. The molecule has 0 fully saturated rings. The van der Waals surface area contributed by atoms with Gasteiger partial charge in [0, 0.05) is 5.92 Å². The fourth-order valence-corrected chi connectivity index (χ4v) is 4.51. The van der Waals surface area contributed by atoms with Crippen molar-refractivity contribution in [1.82, 2.24) is 10.6 Å². The third-order valence-corrected chi connectivity index (χ3v) is 6.21. The summed E-state index contributed by atoms with van der Waals surface area (Å²) in [5, 5.41) is 15.4. The number of rotatable bonds is 8. The van der Waals surface area contributed by atoms with Gasteiger partial charge in [0.15, 0.2) is 0 Å². The Morgan fingerprint density at radius 2 is 1.37 bits per heavy atom. The molecule has 0 saturated heterocycles. The minimum absolute atomic E-state index is 0.0620. The van der Waals surface area contributed by atoms with E-state index in [0.717, 1.165) is 27.8 Å². The summed E-state index contributed by atoms with van der Waals surface area (Å²) >= 11 is 0. The number of hydrogen-bond acceptors (Lipinski definition) is 4. The van der Waals surface area contributed by atoms with Gasteiger partial charge in [-0.15, -0.1) is 0 Å². The Bertz CT molecular complexity index is 1180. The molecule has 4 rings (SSSR count). The molecule has 0 bridgehead atoms. The Labute approximate surface area is 204 Å². The molecule has 7 nitrogen and oxygen atoms in total. The van der Waals surface area contributed by atoms with Gasteiger partial charge in [-0.1, -0.05) is 92.7 Å². The van der Waals surface area contributed by atoms with Gasteiger partial charge in [0.25, 0.3) is 0 Å². The lowest BCUT2D eigenvalue weighted by atomic mass is 9.88. The first kappa shape index (κ1) is 24.0. The van der Waals surface area contributed by atoms with Crippen molar-refractivity contribution in [2.24, 2.45) is 5.92 Å². The van der Waals surface area contributed by atoms with Gasteiger partial charge in [0.2, 0.25) is 5.91 Å². The molecule has 0 unspecified atom stereocenters. The predicted molar refractivity (Wildman–Crippen MR) is 132 cm³/mol. The van der Waals surface area contributed by atoms with Crippen molar-refractivity contribution in [3.05, 3.63) is 95.6 Å². The summed E-state index contributed by atoms with van der Waals surface area (Å²) in [5.74, 6) is -2.58. The number of carboxylic acids is 1. The average molecular weight is 473 g/mol. The van der Waals surface area contributed by atoms with E-state index in [0.29, 0.717) is 0 Å². The van der Waals surface area contributed by atoms with Gasteiger partial charge >= 0.3 is 12.1 Å². The molecule has 35 heavy (non-hydrogen) atoms. The lowest BCUT2D eigenvalue weighted by Gasteiger charge is -2.27. The van der Waals surface area contributed by atoms with Crippen LogP contribution in [-0.4, -0.2) is 35.2 Å². The summed E-state index contributed by atoms with van der Waals surface area (Å²) in [5.41, 5.74) is 4.42. The highest BCUT2D eigenvalue weighted by molar-refractivity contribution is 5.92. The number of nitrogens with one attached hydrogen (secondary N) is 2. The summed E-state index contributed by atoms with van der Waals surface area (Å²) in [7, 11) is 0. The molecular formula is C28H28N2O5. The summed E-state index contributed by atoms with van der Waals surface area (Å²) < 4.78 is 5.26. The maximum atomic E-state index is 13.2. The van der Waals surface area contributed by atoms with Gasteiger partial charge < -0.3 is 20.5 Å². The Hall–Kier alpha value is -4.13. The standard InChI is InChI=1S/C28H28N2O5/c1-17(2)24(30-28(34)35-16-18-10-4-3-5-11-18)26(31)29-25(27(32)33)23-21-14-8-6-12-19(21)20-13-7-9-15-22(20)23/h3-15,17,23-25H,16H2,1-2H3,(H,29,31)(H,30,34)(H,32,33)/t24-,25+/m0/s1. The molecule has 2 atom stereocenters. The fourth-order valence-electron chi connectivity index (χ4n) is 4.51. The molecule has 1 aliphatic carbocycles. The van der Waals surface area contributed by atoms with E-state index >= 15 is 0 Å². The van der Waals surface area contributed by atoms with Crippen molar-refractivity contribution in [2.75, 3.05) is 0 Å². The quantitative estimate of drug-likeness (QED) is 0.453. The first-order chi connectivity index (χ1) is 16.9. The Morgan fingerprint density at radius 1 is 0.829 bits per heavy atom. The zero-order valence-electron chi connectivity index (χ0n) is 19.6. The monoisotopic (exact) mass is 472 g/mol. The van der Waals surface area contributed by atoms with Crippen molar-refractivity contribution < 1.29 is 24.2 Å². The minimum Gasteiger partial charge on any atom is -0.480 e. The smallest absolute Gasteiger partial charge is 0.408 e. The molecule has 0 saturated carbocycles. The molecule has 2 amide bonds. The minimum atomic E-state index is -1.21. The van der Waals surface area contributed by atoms with Crippen LogP contribution in [0.25, 0.3) is 11.1 Å². The van der Waals surface area contributed by atoms with E-state index in [1.165, 1.54) is 0 Å². The molecule has 0 heterocycles. The third kappa shape index (κ3) is 5.19. The van der Waals surface area contributed by atoms with Crippen molar-refractivity contribution >= 4 is 18.0 Å². The number of ether oxygens (including phenoxy) is 1. The van der Waals surface area contributed by atoms with E-state index < -0.39 is 36.0 Å². The average Bonchev–Trinajstić information content (AvgIpc) is 3.19. The van der Waals surface area contributed by atoms with Gasteiger partial charge in [-0.2, -0.15) is 0 Å². The SMILES string of the molecule is CC(C)[C@H](NC(=O)OCc1ccccc1)C(=O)N[C@@H](C(=O)O)C1c2ccccc2-c2ccccc21. The van der Waals surface area contributed by atoms with E-state index in [2.05, 4.69) is 10.6 Å². The van der Waals surface area contributed by atoms with Crippen LogP contribution in [0.15, 0.2) is 78.9 Å². The lowest BCUT2D eigenvalue weighted by Crippen LogP contribution is -2.55. The van der Waals surface area contributed by atoms with E-state index in [1.807, 2.05) is 78.9 Å². The number of aliphatic carboxylic acids is 1. The summed E-state index contributed by atoms with van der Waals surface area (Å²) in [4.78, 5) is 38.0. The number of fused-ring (bicyclic) bond motifs is 3. The number of carbonyl (C=O) groups is 3. The largest absolute Gasteiger partial charge is 0.480 e. The van der Waals surface area contributed by atoms with Crippen LogP contribution in [0.4, 0.5) is 4.79 Å². The van der Waals surface area contributed by atoms with E-state index in [4.69, 9.17) is 4.74 Å². The molecule has 0 spiro atoms. The highest BCUT2D eigenvalue weighted by atomic mass is 16.5. The van der Waals surface area contributed by atoms with E-state index in [9.17, 15) is 19.5 Å². The maximum absolute atomic E-state index is 13.2. The highest BCUT2D eigenvalue weighted by Gasteiger charge is 2.40. The third-order valence-electron chi connectivity index (χ3n) is 6.21. The molecule has 1 aliphatic rings. The second-order valence-corrected chi connectivity index (χ2v) is 8.90. The second kappa shape index (κ2) is 10.4. The molecule has 0 radical (unpaired) electrons. The van der Waals surface area contributed by atoms with Crippen molar-refractivity contribution in [2.45, 2.75) is 38.5 Å². The number of carboxylic acid groups (broad SMARTS) is 1. The Balaban J connectivity index is 1.51. The summed E-state index contributed by atoms with van der Waals surface area (Å²) in [6.45, 7) is 3.61.